The highest BCUT2D eigenvalue weighted by Crippen LogP contribution is 2.22. The van der Waals surface area contributed by atoms with E-state index in [1.807, 2.05) is 30.3 Å². The number of anilines is 2. The number of pyridine rings is 1. The first-order valence-corrected chi connectivity index (χ1v) is 4.80. The van der Waals surface area contributed by atoms with Gasteiger partial charge < -0.3 is 11.1 Å². The molecule has 0 saturated heterocycles. The van der Waals surface area contributed by atoms with Gasteiger partial charge in [0, 0.05) is 29.5 Å². The van der Waals surface area contributed by atoms with Crippen molar-refractivity contribution in [2.75, 3.05) is 17.6 Å². The average molecular weight is 199 g/mol. The largest absolute Gasteiger partial charge is 0.399 e. The van der Waals surface area contributed by atoms with Crippen LogP contribution >= 0.6 is 0 Å². The van der Waals surface area contributed by atoms with Crippen molar-refractivity contribution in [3.63, 3.8) is 0 Å². The minimum Gasteiger partial charge on any atom is -0.399 e. The van der Waals surface area contributed by atoms with E-state index in [1.54, 1.807) is 6.20 Å². The van der Waals surface area contributed by atoms with Gasteiger partial charge in [-0.25, -0.2) is 0 Å². The second-order valence-electron chi connectivity index (χ2n) is 3.30. The van der Waals surface area contributed by atoms with Crippen molar-refractivity contribution in [1.29, 1.82) is 0 Å². The maximum absolute atomic E-state index is 5.70. The molecule has 3 nitrogen and oxygen atoms in total. The van der Waals surface area contributed by atoms with Crippen molar-refractivity contribution in [3.05, 3.63) is 43.1 Å². The zero-order valence-corrected chi connectivity index (χ0v) is 8.40. The molecule has 1 aromatic carbocycles. The van der Waals surface area contributed by atoms with E-state index in [4.69, 9.17) is 5.73 Å². The molecule has 2 aromatic rings. The quantitative estimate of drug-likeness (QED) is 0.589. The zero-order valence-electron chi connectivity index (χ0n) is 8.40. The third-order valence-corrected chi connectivity index (χ3v) is 2.20. The summed E-state index contributed by atoms with van der Waals surface area (Å²) in [5.74, 6) is 0. The lowest BCUT2D eigenvalue weighted by molar-refractivity contribution is 1.33. The normalized spacial score (nSPS) is 10.1. The van der Waals surface area contributed by atoms with Gasteiger partial charge in [-0.1, -0.05) is 6.08 Å². The number of nitrogen functional groups attached to an aromatic ring is 1. The van der Waals surface area contributed by atoms with Gasteiger partial charge in [0.2, 0.25) is 0 Å². The van der Waals surface area contributed by atoms with Crippen LogP contribution in [0.1, 0.15) is 0 Å². The highest BCUT2D eigenvalue weighted by atomic mass is 14.9. The van der Waals surface area contributed by atoms with Crippen LogP contribution < -0.4 is 11.1 Å². The molecule has 15 heavy (non-hydrogen) atoms. The molecule has 0 aliphatic heterocycles. The van der Waals surface area contributed by atoms with Crippen LogP contribution in [0.25, 0.3) is 10.9 Å². The molecule has 0 bridgehead atoms. The molecule has 0 atom stereocenters. The topological polar surface area (TPSA) is 50.9 Å². The second kappa shape index (κ2) is 4.00. The standard InChI is InChI=1S/C12H13N3/c1-2-6-14-11-5-7-15-12-8-9(13)3-4-10(11)12/h2-5,7-8H,1,6,13H2,(H,14,15). The van der Waals surface area contributed by atoms with E-state index in [1.165, 1.54) is 0 Å². The van der Waals surface area contributed by atoms with Crippen molar-refractivity contribution in [2.45, 2.75) is 0 Å². The van der Waals surface area contributed by atoms with Crippen LogP contribution in [0.3, 0.4) is 0 Å². The highest BCUT2D eigenvalue weighted by Gasteiger charge is 2.00. The minimum atomic E-state index is 0.732. The second-order valence-corrected chi connectivity index (χ2v) is 3.30. The van der Waals surface area contributed by atoms with Crippen molar-refractivity contribution < 1.29 is 0 Å². The van der Waals surface area contributed by atoms with E-state index in [2.05, 4.69) is 16.9 Å². The molecule has 1 heterocycles. The Morgan fingerprint density at radius 3 is 3.07 bits per heavy atom. The van der Waals surface area contributed by atoms with Gasteiger partial charge >= 0.3 is 0 Å². The number of rotatable bonds is 3. The van der Waals surface area contributed by atoms with Crippen LogP contribution in [0, 0.1) is 0 Å². The van der Waals surface area contributed by atoms with Crippen molar-refractivity contribution in [2.24, 2.45) is 0 Å². The molecule has 2 rings (SSSR count). The number of hydrogen-bond donors (Lipinski definition) is 2. The molecular weight excluding hydrogens is 186 g/mol. The molecule has 0 aliphatic carbocycles. The van der Waals surface area contributed by atoms with Gasteiger partial charge in [0.25, 0.3) is 0 Å². The molecule has 3 N–H and O–H groups in total. The maximum atomic E-state index is 5.70. The lowest BCUT2D eigenvalue weighted by Gasteiger charge is -2.07. The Morgan fingerprint density at radius 2 is 2.27 bits per heavy atom. The number of aromatic nitrogens is 1. The molecule has 0 unspecified atom stereocenters. The van der Waals surface area contributed by atoms with Crippen molar-refractivity contribution in [3.8, 4) is 0 Å². The summed E-state index contributed by atoms with van der Waals surface area (Å²) >= 11 is 0. The Balaban J connectivity index is 2.50. The van der Waals surface area contributed by atoms with Gasteiger partial charge in [0.15, 0.2) is 0 Å². The number of nitrogens with one attached hydrogen (secondary N) is 1. The lowest BCUT2D eigenvalue weighted by Crippen LogP contribution is -1.99. The number of nitrogens with two attached hydrogens (primary N) is 1. The van der Waals surface area contributed by atoms with E-state index in [0.29, 0.717) is 0 Å². The summed E-state index contributed by atoms with van der Waals surface area (Å²) in [6, 6.07) is 7.67. The fraction of sp³-hybridized carbons (Fsp3) is 0.0833. The van der Waals surface area contributed by atoms with Gasteiger partial charge in [-0.05, 0) is 24.3 Å². The molecule has 3 heteroatoms. The predicted molar refractivity (Wildman–Crippen MR) is 64.8 cm³/mol. The summed E-state index contributed by atoms with van der Waals surface area (Å²) in [7, 11) is 0. The Kier molecular flexibility index (Phi) is 2.54. The van der Waals surface area contributed by atoms with Gasteiger partial charge in [-0.15, -0.1) is 6.58 Å². The van der Waals surface area contributed by atoms with Gasteiger partial charge in [-0.3, -0.25) is 4.98 Å². The summed E-state index contributed by atoms with van der Waals surface area (Å²) in [5.41, 5.74) is 8.39. The third kappa shape index (κ3) is 1.91. The third-order valence-electron chi connectivity index (χ3n) is 2.20. The molecule has 76 valence electrons. The molecule has 0 saturated carbocycles. The summed E-state index contributed by atoms with van der Waals surface area (Å²) < 4.78 is 0. The Morgan fingerprint density at radius 1 is 1.40 bits per heavy atom. The van der Waals surface area contributed by atoms with E-state index >= 15 is 0 Å². The smallest absolute Gasteiger partial charge is 0.0743 e. The molecular formula is C12H13N3. The first kappa shape index (κ1) is 9.52. The fourth-order valence-corrected chi connectivity index (χ4v) is 1.50. The zero-order chi connectivity index (χ0) is 10.7. The van der Waals surface area contributed by atoms with Crippen LogP contribution in [0.4, 0.5) is 11.4 Å². The molecule has 0 radical (unpaired) electrons. The summed E-state index contributed by atoms with van der Waals surface area (Å²) in [6.45, 7) is 4.41. The van der Waals surface area contributed by atoms with E-state index < -0.39 is 0 Å². The molecule has 0 spiro atoms. The number of fused-ring (bicyclic) bond motifs is 1. The Labute approximate surface area is 88.6 Å². The average Bonchev–Trinajstić information content (AvgIpc) is 2.25. The first-order chi connectivity index (χ1) is 7.31. The summed E-state index contributed by atoms with van der Waals surface area (Å²) in [4.78, 5) is 4.26. The van der Waals surface area contributed by atoms with Gasteiger partial charge in [-0.2, -0.15) is 0 Å². The maximum Gasteiger partial charge on any atom is 0.0743 e. The first-order valence-electron chi connectivity index (χ1n) is 4.80. The van der Waals surface area contributed by atoms with E-state index in [9.17, 15) is 0 Å². The van der Waals surface area contributed by atoms with Crippen LogP contribution in [0.2, 0.25) is 0 Å². The molecule has 0 fully saturated rings. The van der Waals surface area contributed by atoms with Gasteiger partial charge in [0.05, 0.1) is 5.52 Å². The number of hydrogen-bond acceptors (Lipinski definition) is 3. The highest BCUT2D eigenvalue weighted by molar-refractivity contribution is 5.92. The van der Waals surface area contributed by atoms with Crippen LogP contribution in [-0.4, -0.2) is 11.5 Å². The molecule has 0 amide bonds. The summed E-state index contributed by atoms with van der Waals surface area (Å²) in [5, 5.41) is 4.34. The van der Waals surface area contributed by atoms with E-state index in [-0.39, 0.29) is 0 Å². The van der Waals surface area contributed by atoms with E-state index in [0.717, 1.165) is 28.8 Å². The van der Waals surface area contributed by atoms with Crippen molar-refractivity contribution in [1.82, 2.24) is 4.98 Å². The van der Waals surface area contributed by atoms with Gasteiger partial charge in [0.1, 0.15) is 0 Å². The van der Waals surface area contributed by atoms with Crippen LogP contribution in [0.15, 0.2) is 43.1 Å². The number of nitrogens with zero attached hydrogens (tertiary/aromatic N) is 1. The van der Waals surface area contributed by atoms with Crippen molar-refractivity contribution >= 4 is 22.3 Å². The summed E-state index contributed by atoms with van der Waals surface area (Å²) in [6.07, 6.45) is 3.59. The predicted octanol–water partition coefficient (Wildman–Crippen LogP) is 2.41. The lowest BCUT2D eigenvalue weighted by atomic mass is 10.1. The monoisotopic (exact) mass is 199 g/mol. The molecule has 0 aliphatic rings. The van der Waals surface area contributed by atoms with Crippen LogP contribution in [0.5, 0.6) is 0 Å². The minimum absolute atomic E-state index is 0.732. The molecule has 1 aromatic heterocycles. The SMILES string of the molecule is C=CCNc1ccnc2cc(N)ccc12. The number of benzene rings is 1. The Bertz CT molecular complexity index is 491. The Hall–Kier alpha value is -2.03. The van der Waals surface area contributed by atoms with Crippen LogP contribution in [-0.2, 0) is 0 Å². The fourth-order valence-electron chi connectivity index (χ4n) is 1.50.